The molecule has 0 aliphatic carbocycles. The molecule has 3 aromatic heterocycles. The number of para-hydroxylation sites is 4. The van der Waals surface area contributed by atoms with Gasteiger partial charge in [-0.15, -0.1) is 0 Å². The Labute approximate surface area is 286 Å². The Morgan fingerprint density at radius 2 is 0.980 bits per heavy atom. The summed E-state index contributed by atoms with van der Waals surface area (Å²) in [7, 11) is 0. The van der Waals surface area contributed by atoms with Gasteiger partial charge in [0.2, 0.25) is 0 Å². The Bertz CT molecular complexity index is 3110. The van der Waals surface area contributed by atoms with Gasteiger partial charge in [0.1, 0.15) is 22.3 Å². The van der Waals surface area contributed by atoms with Crippen molar-refractivity contribution in [3.05, 3.63) is 170 Å². The average Bonchev–Trinajstić information content (AvgIpc) is 3.85. The molecule has 0 fully saturated rings. The van der Waals surface area contributed by atoms with Gasteiger partial charge in [0, 0.05) is 38.3 Å². The van der Waals surface area contributed by atoms with E-state index in [1.807, 2.05) is 24.3 Å². The summed E-state index contributed by atoms with van der Waals surface area (Å²) in [5.41, 5.74) is 10.2. The molecule has 50 heavy (non-hydrogen) atoms. The van der Waals surface area contributed by atoms with Crippen molar-refractivity contribution in [3.63, 3.8) is 0 Å². The Morgan fingerprint density at radius 3 is 1.78 bits per heavy atom. The van der Waals surface area contributed by atoms with E-state index in [1.165, 1.54) is 21.7 Å². The van der Waals surface area contributed by atoms with Crippen molar-refractivity contribution in [3.8, 4) is 5.69 Å². The van der Waals surface area contributed by atoms with Gasteiger partial charge in [-0.05, 0) is 83.6 Å². The second kappa shape index (κ2) is 10.4. The van der Waals surface area contributed by atoms with Crippen LogP contribution in [0.2, 0.25) is 0 Å². The first-order chi connectivity index (χ1) is 24.8. The molecular weight excluding hydrogens is 613 g/mol. The van der Waals surface area contributed by atoms with Crippen LogP contribution in [0.25, 0.3) is 82.1 Å². The number of furan rings is 2. The number of aromatic nitrogens is 1. The highest BCUT2D eigenvalue weighted by molar-refractivity contribution is 6.21. The third-order valence-electron chi connectivity index (χ3n) is 10.2. The lowest BCUT2D eigenvalue weighted by atomic mass is 10.0. The van der Waals surface area contributed by atoms with Crippen LogP contribution in [0.3, 0.4) is 0 Å². The molecule has 0 radical (unpaired) electrons. The summed E-state index contributed by atoms with van der Waals surface area (Å²) >= 11 is 0. The number of nitrogens with zero attached hydrogens (tertiary/aromatic N) is 2. The minimum absolute atomic E-state index is 0.861. The molecule has 0 saturated carbocycles. The fourth-order valence-electron chi connectivity index (χ4n) is 8.07. The van der Waals surface area contributed by atoms with Gasteiger partial charge in [-0.1, -0.05) is 97.1 Å². The third-order valence-corrected chi connectivity index (χ3v) is 10.2. The maximum absolute atomic E-state index is 6.44. The number of fused-ring (bicyclic) bond motifs is 11. The largest absolute Gasteiger partial charge is 0.456 e. The highest BCUT2D eigenvalue weighted by Gasteiger charge is 2.24. The Hall–Kier alpha value is -6.78. The summed E-state index contributed by atoms with van der Waals surface area (Å²) in [5.74, 6) is 0. The van der Waals surface area contributed by atoms with E-state index in [9.17, 15) is 0 Å². The van der Waals surface area contributed by atoms with Gasteiger partial charge in [0.05, 0.1) is 27.8 Å². The van der Waals surface area contributed by atoms with E-state index < -0.39 is 0 Å². The van der Waals surface area contributed by atoms with E-state index in [1.54, 1.807) is 0 Å². The van der Waals surface area contributed by atoms with Crippen molar-refractivity contribution in [2.45, 2.75) is 0 Å². The minimum Gasteiger partial charge on any atom is -0.456 e. The Kier molecular flexibility index (Phi) is 5.63. The lowest BCUT2D eigenvalue weighted by molar-refractivity contribution is 0.668. The van der Waals surface area contributed by atoms with Crippen molar-refractivity contribution in [2.24, 2.45) is 0 Å². The molecule has 234 valence electrons. The lowest BCUT2D eigenvalue weighted by Gasteiger charge is -2.27. The Balaban J connectivity index is 1.26. The van der Waals surface area contributed by atoms with Crippen LogP contribution in [-0.4, -0.2) is 4.57 Å². The van der Waals surface area contributed by atoms with Gasteiger partial charge in [-0.25, -0.2) is 0 Å². The van der Waals surface area contributed by atoms with Crippen molar-refractivity contribution in [1.29, 1.82) is 0 Å². The fourth-order valence-corrected chi connectivity index (χ4v) is 8.07. The van der Waals surface area contributed by atoms with Gasteiger partial charge in [0.25, 0.3) is 0 Å². The van der Waals surface area contributed by atoms with E-state index in [4.69, 9.17) is 8.83 Å². The molecule has 0 amide bonds. The standard InChI is InChI=1S/C46H28N2O2/c1-2-12-30(13-3-1)47-36-17-7-4-14-33(36)45-37(47)18-10-19-38(45)48(39-20-11-23-42-46(39)35-16-6-9-22-41(35)49-42)31-25-26-32-29(28-31)24-27-43-44(32)34-15-5-8-21-40(34)50-43/h1-28H. The van der Waals surface area contributed by atoms with E-state index in [-0.39, 0.29) is 0 Å². The van der Waals surface area contributed by atoms with Gasteiger partial charge < -0.3 is 18.3 Å². The first-order valence-electron chi connectivity index (χ1n) is 16.9. The van der Waals surface area contributed by atoms with Gasteiger partial charge in [-0.2, -0.15) is 0 Å². The molecule has 11 rings (SSSR count). The SMILES string of the molecule is c1ccc(-n2c3ccccc3c3c(N(c4ccc5c(ccc6oc7ccccc7c65)c4)c4cccc5oc6ccccc6c45)cccc32)cc1. The predicted molar refractivity (Wildman–Crippen MR) is 208 cm³/mol. The molecule has 0 atom stereocenters. The van der Waals surface area contributed by atoms with Crippen LogP contribution in [-0.2, 0) is 0 Å². The molecule has 11 aromatic rings. The molecule has 0 aliphatic heterocycles. The molecule has 4 nitrogen and oxygen atoms in total. The smallest absolute Gasteiger partial charge is 0.137 e. The van der Waals surface area contributed by atoms with Crippen LogP contribution in [0, 0.1) is 0 Å². The van der Waals surface area contributed by atoms with Crippen LogP contribution >= 0.6 is 0 Å². The molecule has 0 bridgehead atoms. The van der Waals surface area contributed by atoms with E-state index in [0.717, 1.165) is 77.5 Å². The fraction of sp³-hybridized carbons (Fsp3) is 0. The van der Waals surface area contributed by atoms with Gasteiger partial charge in [0.15, 0.2) is 0 Å². The second-order valence-electron chi connectivity index (χ2n) is 12.9. The van der Waals surface area contributed by atoms with E-state index >= 15 is 0 Å². The van der Waals surface area contributed by atoms with Crippen LogP contribution in [0.1, 0.15) is 0 Å². The first-order valence-corrected chi connectivity index (χ1v) is 16.9. The maximum Gasteiger partial charge on any atom is 0.137 e. The molecule has 0 saturated heterocycles. The zero-order valence-electron chi connectivity index (χ0n) is 26.9. The summed E-state index contributed by atoms with van der Waals surface area (Å²) in [6, 6.07) is 60.1. The van der Waals surface area contributed by atoms with Crippen LogP contribution in [0.4, 0.5) is 17.1 Å². The number of anilines is 3. The summed E-state index contributed by atoms with van der Waals surface area (Å²) in [6.07, 6.45) is 0. The second-order valence-corrected chi connectivity index (χ2v) is 12.9. The quantitative estimate of drug-likeness (QED) is 0.192. The van der Waals surface area contributed by atoms with Gasteiger partial charge in [-0.3, -0.25) is 0 Å². The molecule has 0 aliphatic rings. The normalized spacial score (nSPS) is 12.0. The number of hydrogen-bond donors (Lipinski definition) is 0. The summed E-state index contributed by atoms with van der Waals surface area (Å²) < 4.78 is 15.1. The average molecular weight is 641 g/mol. The maximum atomic E-state index is 6.44. The minimum atomic E-state index is 0.861. The first kappa shape index (κ1) is 27.2. The molecule has 8 aromatic carbocycles. The number of benzene rings is 8. The van der Waals surface area contributed by atoms with Crippen molar-refractivity contribution < 1.29 is 8.83 Å². The molecule has 0 N–H and O–H groups in total. The predicted octanol–water partition coefficient (Wildman–Crippen LogP) is 13.2. The number of rotatable bonds is 4. The summed E-state index contributed by atoms with van der Waals surface area (Å²) in [5, 5.41) is 9.16. The lowest BCUT2D eigenvalue weighted by Crippen LogP contribution is -2.11. The molecule has 0 unspecified atom stereocenters. The molecule has 0 spiro atoms. The van der Waals surface area contributed by atoms with Crippen molar-refractivity contribution >= 4 is 93.5 Å². The molecule has 4 heteroatoms. The molecule has 3 heterocycles. The van der Waals surface area contributed by atoms with Crippen LogP contribution in [0.5, 0.6) is 0 Å². The zero-order valence-corrected chi connectivity index (χ0v) is 26.9. The molecular formula is C46H28N2O2. The van der Waals surface area contributed by atoms with Crippen molar-refractivity contribution in [2.75, 3.05) is 4.90 Å². The number of hydrogen-bond acceptors (Lipinski definition) is 3. The van der Waals surface area contributed by atoms with Crippen LogP contribution in [0.15, 0.2) is 179 Å². The topological polar surface area (TPSA) is 34.5 Å². The zero-order chi connectivity index (χ0) is 32.8. The summed E-state index contributed by atoms with van der Waals surface area (Å²) in [4.78, 5) is 2.42. The highest BCUT2D eigenvalue weighted by atomic mass is 16.3. The monoisotopic (exact) mass is 640 g/mol. The van der Waals surface area contributed by atoms with Gasteiger partial charge >= 0.3 is 0 Å². The summed E-state index contributed by atoms with van der Waals surface area (Å²) in [6.45, 7) is 0. The van der Waals surface area contributed by atoms with Crippen LogP contribution < -0.4 is 4.90 Å². The van der Waals surface area contributed by atoms with E-state index in [2.05, 4.69) is 155 Å². The van der Waals surface area contributed by atoms with Crippen molar-refractivity contribution in [1.82, 2.24) is 4.57 Å². The van der Waals surface area contributed by atoms with E-state index in [0.29, 0.717) is 0 Å². The highest BCUT2D eigenvalue weighted by Crippen LogP contribution is 2.48. The third kappa shape index (κ3) is 3.81. The Morgan fingerprint density at radius 1 is 0.380 bits per heavy atom.